The van der Waals surface area contributed by atoms with Crippen LogP contribution in [-0.4, -0.2) is 42.4 Å². The molecule has 3 rings (SSSR count). The van der Waals surface area contributed by atoms with Crippen molar-refractivity contribution in [2.24, 2.45) is 0 Å². The van der Waals surface area contributed by atoms with E-state index in [9.17, 15) is 5.11 Å². The van der Waals surface area contributed by atoms with Gasteiger partial charge in [-0.15, -0.1) is 0 Å². The van der Waals surface area contributed by atoms with Crippen molar-refractivity contribution < 1.29 is 14.6 Å². The number of nitrogens with zero attached hydrogens (tertiary/aromatic N) is 1. The van der Waals surface area contributed by atoms with Gasteiger partial charge in [0.25, 0.3) is 0 Å². The summed E-state index contributed by atoms with van der Waals surface area (Å²) in [6.45, 7) is 7.60. The van der Waals surface area contributed by atoms with E-state index in [1.54, 1.807) is 0 Å². The lowest BCUT2D eigenvalue weighted by atomic mass is 9.86. The molecule has 0 aliphatic carbocycles. The fraction of sp³-hybridized carbons (Fsp3) is 0.647. The third kappa shape index (κ3) is 3.01. The minimum absolute atomic E-state index is 0.535. The van der Waals surface area contributed by atoms with E-state index in [4.69, 9.17) is 9.47 Å². The maximum atomic E-state index is 11.1. The maximum Gasteiger partial charge on any atom is 0.161 e. The molecule has 1 aromatic carbocycles. The van der Waals surface area contributed by atoms with Crippen LogP contribution in [0.25, 0.3) is 0 Å². The SMILES string of the molecule is CC(C)N1CCCC(O)(c2ccc3c(c2)OCCO3)CC1. The van der Waals surface area contributed by atoms with Gasteiger partial charge in [-0.25, -0.2) is 0 Å². The van der Waals surface area contributed by atoms with Crippen LogP contribution in [0.1, 0.15) is 38.7 Å². The van der Waals surface area contributed by atoms with Gasteiger partial charge in [-0.2, -0.15) is 0 Å². The average Bonchev–Trinajstić information content (AvgIpc) is 2.70. The molecule has 0 saturated carbocycles. The van der Waals surface area contributed by atoms with Crippen LogP contribution in [0, 0.1) is 0 Å². The zero-order valence-corrected chi connectivity index (χ0v) is 13.0. The summed E-state index contributed by atoms with van der Waals surface area (Å²) in [5.74, 6) is 1.54. The first-order chi connectivity index (χ1) is 10.1. The third-order valence-corrected chi connectivity index (χ3v) is 4.66. The minimum atomic E-state index is -0.751. The zero-order chi connectivity index (χ0) is 14.9. The first kappa shape index (κ1) is 14.7. The molecule has 116 valence electrons. The van der Waals surface area contributed by atoms with Crippen molar-refractivity contribution in [3.8, 4) is 11.5 Å². The molecule has 1 aromatic rings. The number of hydrogen-bond acceptors (Lipinski definition) is 4. The largest absolute Gasteiger partial charge is 0.486 e. The standard InChI is InChI=1S/C17H25NO3/c1-13(2)18-8-3-6-17(19,7-9-18)14-4-5-15-16(12-14)21-11-10-20-15/h4-5,12-13,19H,3,6-11H2,1-2H3. The van der Waals surface area contributed by atoms with Gasteiger partial charge in [-0.1, -0.05) is 6.07 Å². The summed E-state index contributed by atoms with van der Waals surface area (Å²) in [4.78, 5) is 2.44. The molecule has 1 fully saturated rings. The van der Waals surface area contributed by atoms with Crippen molar-refractivity contribution >= 4 is 0 Å². The van der Waals surface area contributed by atoms with Gasteiger partial charge in [0.1, 0.15) is 13.2 Å². The molecule has 1 atom stereocenters. The summed E-state index contributed by atoms with van der Waals surface area (Å²) in [5.41, 5.74) is 0.205. The second-order valence-corrected chi connectivity index (χ2v) is 6.37. The highest BCUT2D eigenvalue weighted by atomic mass is 16.6. The molecule has 1 N–H and O–H groups in total. The first-order valence-corrected chi connectivity index (χ1v) is 7.95. The zero-order valence-electron chi connectivity index (χ0n) is 13.0. The summed E-state index contributed by atoms with van der Waals surface area (Å²) in [6.07, 6.45) is 2.59. The molecule has 0 spiro atoms. The molecule has 4 heteroatoms. The van der Waals surface area contributed by atoms with Gasteiger partial charge >= 0.3 is 0 Å². The third-order valence-electron chi connectivity index (χ3n) is 4.66. The monoisotopic (exact) mass is 291 g/mol. The molecule has 0 aromatic heterocycles. The van der Waals surface area contributed by atoms with Crippen molar-refractivity contribution in [3.05, 3.63) is 23.8 Å². The summed E-state index contributed by atoms with van der Waals surface area (Å²) in [6, 6.07) is 6.40. The lowest BCUT2D eigenvalue weighted by Gasteiger charge is -2.29. The lowest BCUT2D eigenvalue weighted by molar-refractivity contribution is 0.0199. The molecule has 2 aliphatic heterocycles. The smallest absolute Gasteiger partial charge is 0.161 e. The normalized spacial score (nSPS) is 26.7. The average molecular weight is 291 g/mol. The molecule has 1 saturated heterocycles. The number of hydrogen-bond donors (Lipinski definition) is 1. The van der Waals surface area contributed by atoms with Crippen molar-refractivity contribution in [2.75, 3.05) is 26.3 Å². The lowest BCUT2D eigenvalue weighted by Crippen LogP contribution is -2.33. The Kier molecular flexibility index (Phi) is 4.09. The predicted molar refractivity (Wildman–Crippen MR) is 81.9 cm³/mol. The van der Waals surface area contributed by atoms with Crippen molar-refractivity contribution in [2.45, 2.75) is 44.8 Å². The Balaban J connectivity index is 1.81. The van der Waals surface area contributed by atoms with Gasteiger partial charge in [-0.3, -0.25) is 0 Å². The van der Waals surface area contributed by atoms with Gasteiger partial charge in [0.05, 0.1) is 5.60 Å². The summed E-state index contributed by atoms with van der Waals surface area (Å²) >= 11 is 0. The van der Waals surface area contributed by atoms with Crippen LogP contribution in [0.2, 0.25) is 0 Å². The van der Waals surface area contributed by atoms with Crippen LogP contribution >= 0.6 is 0 Å². The topological polar surface area (TPSA) is 41.9 Å². The predicted octanol–water partition coefficient (Wildman–Crippen LogP) is 2.54. The number of rotatable bonds is 2. The number of ether oxygens (including phenoxy) is 2. The highest BCUT2D eigenvalue weighted by molar-refractivity contribution is 5.45. The Bertz CT molecular complexity index is 503. The van der Waals surface area contributed by atoms with Crippen molar-refractivity contribution in [1.82, 2.24) is 4.90 Å². The summed E-state index contributed by atoms with van der Waals surface area (Å²) in [7, 11) is 0. The quantitative estimate of drug-likeness (QED) is 0.909. The molecule has 0 bridgehead atoms. The van der Waals surface area contributed by atoms with Crippen LogP contribution in [0.3, 0.4) is 0 Å². The first-order valence-electron chi connectivity index (χ1n) is 7.95. The molecule has 0 amide bonds. The van der Waals surface area contributed by atoms with E-state index < -0.39 is 5.60 Å². The molecule has 21 heavy (non-hydrogen) atoms. The Labute approximate surface area is 126 Å². The van der Waals surface area contributed by atoms with E-state index in [0.29, 0.717) is 19.3 Å². The summed E-state index contributed by atoms with van der Waals surface area (Å²) in [5, 5.41) is 11.1. The van der Waals surface area contributed by atoms with Crippen LogP contribution in [0.15, 0.2) is 18.2 Å². The fourth-order valence-electron chi connectivity index (χ4n) is 3.28. The van der Waals surface area contributed by atoms with Crippen LogP contribution < -0.4 is 9.47 Å². The van der Waals surface area contributed by atoms with Gasteiger partial charge in [-0.05, 0) is 57.4 Å². The molecule has 0 radical (unpaired) electrons. The number of likely N-dealkylation sites (tertiary alicyclic amines) is 1. The van der Waals surface area contributed by atoms with Crippen LogP contribution in [-0.2, 0) is 5.60 Å². The second-order valence-electron chi connectivity index (χ2n) is 6.37. The maximum absolute atomic E-state index is 11.1. The van der Waals surface area contributed by atoms with Crippen LogP contribution in [0.5, 0.6) is 11.5 Å². The minimum Gasteiger partial charge on any atom is -0.486 e. The Morgan fingerprint density at radius 1 is 1.10 bits per heavy atom. The number of aliphatic hydroxyl groups is 1. The van der Waals surface area contributed by atoms with E-state index in [1.165, 1.54) is 0 Å². The Morgan fingerprint density at radius 3 is 2.62 bits per heavy atom. The van der Waals surface area contributed by atoms with Crippen LogP contribution in [0.4, 0.5) is 0 Å². The molecule has 2 aliphatic rings. The number of benzene rings is 1. The van der Waals surface area contributed by atoms with Gasteiger partial charge in [0, 0.05) is 12.6 Å². The van der Waals surface area contributed by atoms with Crippen molar-refractivity contribution in [3.63, 3.8) is 0 Å². The van der Waals surface area contributed by atoms with Gasteiger partial charge in [0.2, 0.25) is 0 Å². The highest BCUT2D eigenvalue weighted by Gasteiger charge is 2.33. The Hall–Kier alpha value is -1.26. The molecule has 1 unspecified atom stereocenters. The molecular formula is C17H25NO3. The van der Waals surface area contributed by atoms with E-state index in [1.807, 2.05) is 18.2 Å². The molecule has 2 heterocycles. The fourth-order valence-corrected chi connectivity index (χ4v) is 3.28. The van der Waals surface area contributed by atoms with E-state index in [0.717, 1.165) is 49.4 Å². The van der Waals surface area contributed by atoms with E-state index >= 15 is 0 Å². The molecule has 4 nitrogen and oxygen atoms in total. The van der Waals surface area contributed by atoms with Crippen molar-refractivity contribution in [1.29, 1.82) is 0 Å². The van der Waals surface area contributed by atoms with Gasteiger partial charge in [0.15, 0.2) is 11.5 Å². The second kappa shape index (κ2) is 5.85. The van der Waals surface area contributed by atoms with E-state index in [2.05, 4.69) is 18.7 Å². The Morgan fingerprint density at radius 2 is 1.86 bits per heavy atom. The molecular weight excluding hydrogens is 266 g/mol. The van der Waals surface area contributed by atoms with Gasteiger partial charge < -0.3 is 19.5 Å². The number of fused-ring (bicyclic) bond motifs is 1. The highest BCUT2D eigenvalue weighted by Crippen LogP contribution is 2.38. The van der Waals surface area contributed by atoms with E-state index in [-0.39, 0.29) is 0 Å². The summed E-state index contributed by atoms with van der Waals surface area (Å²) < 4.78 is 11.2.